The van der Waals surface area contributed by atoms with Gasteiger partial charge >= 0.3 is 0 Å². The second kappa shape index (κ2) is 37.3. The van der Waals surface area contributed by atoms with Crippen molar-refractivity contribution in [1.29, 1.82) is 0 Å². The average molecular weight is 2590 g/mol. The maximum Gasteiger partial charge on any atom is 0.253 e. The van der Waals surface area contributed by atoms with E-state index in [-0.39, 0.29) is 87.3 Å². The standard InChI is InChI=1S/C49H48I12N8O20/c50-25-17(41(82)62-1-15(76)7-74)29(54)37(78)31(56)19(25)43(84)64-9-49(10-65-44(85)20-26(51)18(30(55)38(79)32(20)57)42(83)63-2-16(77)8-75,11-66-45(86)21-27(52)23(35(60)39(80)33(21)58)47(88)68-13(3-70)4-71)12-67-46(87)22-28(53)24(36(61)40(81)34(22)59)48(89)69-14(5-72)6-73/h13-16,70-81H,1-12H2,(H,62,82)(H,63,83)(H,64,84)(H,65,85)(H,66,86)(H,67,87)(H,68,88)(H,69,89). The topological polar surface area (TPSA) is 476 Å². The van der Waals surface area contributed by atoms with E-state index < -0.39 is 179 Å². The van der Waals surface area contributed by atoms with Crippen molar-refractivity contribution < 1.29 is 99.6 Å². The van der Waals surface area contributed by atoms with Gasteiger partial charge in [0.1, 0.15) is 23.0 Å². The van der Waals surface area contributed by atoms with Gasteiger partial charge in [0, 0.05) is 59.0 Å². The van der Waals surface area contributed by atoms with Crippen LogP contribution in [0.3, 0.4) is 0 Å². The van der Waals surface area contributed by atoms with Crippen molar-refractivity contribution in [2.24, 2.45) is 5.41 Å². The number of phenols is 4. The lowest BCUT2D eigenvalue weighted by Crippen LogP contribution is -2.57. The van der Waals surface area contributed by atoms with E-state index in [0.717, 1.165) is 0 Å². The number of aliphatic hydroxyl groups is 8. The number of amides is 8. The molecule has 89 heavy (non-hydrogen) atoms. The van der Waals surface area contributed by atoms with Crippen molar-refractivity contribution in [2.45, 2.75) is 24.3 Å². The zero-order chi connectivity index (χ0) is 67.4. The van der Waals surface area contributed by atoms with E-state index in [9.17, 15) is 99.6 Å². The zero-order valence-electron chi connectivity index (χ0n) is 44.5. The molecule has 0 spiro atoms. The Morgan fingerprint density at radius 3 is 0.652 bits per heavy atom. The highest BCUT2D eigenvalue weighted by Crippen LogP contribution is 2.41. The molecule has 0 aliphatic rings. The molecule has 488 valence electrons. The third kappa shape index (κ3) is 19.8. The van der Waals surface area contributed by atoms with E-state index in [1.165, 1.54) is 0 Å². The number of aliphatic hydroxyl groups excluding tert-OH is 8. The third-order valence-corrected chi connectivity index (χ3v) is 25.2. The molecule has 0 saturated heterocycles. The third-order valence-electron chi connectivity index (χ3n) is 12.5. The van der Waals surface area contributed by atoms with E-state index in [1.54, 1.807) is 271 Å². The second-order valence-electron chi connectivity index (χ2n) is 18.6. The Bertz CT molecular complexity index is 3230. The first-order chi connectivity index (χ1) is 41.7. The van der Waals surface area contributed by atoms with E-state index in [0.29, 0.717) is 0 Å². The summed E-state index contributed by atoms with van der Waals surface area (Å²) < 4.78 is -0.559. The van der Waals surface area contributed by atoms with Crippen molar-refractivity contribution in [3.8, 4) is 23.0 Å². The Hall–Kier alpha value is 0.280. The van der Waals surface area contributed by atoms with Gasteiger partial charge in [-0.1, -0.05) is 0 Å². The van der Waals surface area contributed by atoms with E-state index in [4.69, 9.17) is 0 Å². The normalized spacial score (nSPS) is 12.1. The molecule has 0 bridgehead atoms. The molecule has 8 amide bonds. The van der Waals surface area contributed by atoms with Crippen LogP contribution >= 0.6 is 271 Å². The molecule has 40 heteroatoms. The highest BCUT2D eigenvalue weighted by atomic mass is 127. The molecule has 20 N–H and O–H groups in total. The van der Waals surface area contributed by atoms with Crippen LogP contribution in [0.2, 0.25) is 0 Å². The van der Waals surface area contributed by atoms with E-state index in [1.807, 2.05) is 0 Å². The van der Waals surface area contributed by atoms with Gasteiger partial charge in [0.15, 0.2) is 0 Å². The number of nitrogens with one attached hydrogen (secondary N) is 8. The Labute approximate surface area is 668 Å². The molecular weight excluding hydrogens is 2540 g/mol. The van der Waals surface area contributed by atoms with Gasteiger partial charge in [0.25, 0.3) is 47.3 Å². The molecule has 0 radical (unpaired) electrons. The van der Waals surface area contributed by atoms with Crippen molar-refractivity contribution >= 4 is 318 Å². The van der Waals surface area contributed by atoms with Crippen LogP contribution in [-0.4, -0.2) is 212 Å². The number of hydrogen-bond donors (Lipinski definition) is 20. The van der Waals surface area contributed by atoms with Crippen LogP contribution in [0.1, 0.15) is 82.9 Å². The molecule has 0 aliphatic carbocycles. The minimum atomic E-state index is -1.96. The molecule has 4 aromatic rings. The molecule has 0 heterocycles. The van der Waals surface area contributed by atoms with Gasteiger partial charge < -0.3 is 104 Å². The lowest BCUT2D eigenvalue weighted by atomic mass is 9.86. The molecule has 28 nitrogen and oxygen atoms in total. The maximum atomic E-state index is 14.9. The predicted octanol–water partition coefficient (Wildman–Crippen LogP) is 2.10. The van der Waals surface area contributed by atoms with Crippen LogP contribution in [0.15, 0.2) is 0 Å². The van der Waals surface area contributed by atoms with Gasteiger partial charge in [-0.15, -0.1) is 0 Å². The van der Waals surface area contributed by atoms with Gasteiger partial charge in [-0.05, 0) is 271 Å². The summed E-state index contributed by atoms with van der Waals surface area (Å²) >= 11 is 20.1. The average Bonchev–Trinajstić information content (AvgIpc) is 1.26. The number of hydrogen-bond acceptors (Lipinski definition) is 20. The van der Waals surface area contributed by atoms with Crippen molar-refractivity contribution in [3.63, 3.8) is 0 Å². The number of aromatic hydroxyl groups is 4. The fourth-order valence-electron chi connectivity index (χ4n) is 7.54. The Kier molecular flexibility index (Phi) is 34.2. The largest absolute Gasteiger partial charge is 0.506 e. The SMILES string of the molecule is O=C(NCC(O)CO)c1c(I)c(O)c(I)c(C(=O)NCC(CNC(=O)c2c(I)c(O)c(I)c(C(=O)NCC(O)CO)c2I)(CNC(=O)c2c(I)c(O)c(I)c(C(=O)NC(CO)CO)c2I)CNC(=O)c2c(I)c(O)c(I)c(C(=O)NC(CO)CO)c2I)c1I. The van der Waals surface area contributed by atoms with Crippen molar-refractivity contribution in [1.82, 2.24) is 42.5 Å². The summed E-state index contributed by atoms with van der Waals surface area (Å²) in [5, 5.41) is 144. The van der Waals surface area contributed by atoms with Gasteiger partial charge in [-0.2, -0.15) is 0 Å². The number of carbonyl (C=O) groups excluding carboxylic acids is 8. The summed E-state index contributed by atoms with van der Waals surface area (Å²) in [6, 6.07) is -2.32. The Balaban J connectivity index is 2.06. The first kappa shape index (κ1) is 81.7. The monoisotopic (exact) mass is 2590 g/mol. The molecule has 2 atom stereocenters. The molecule has 0 saturated carbocycles. The van der Waals surface area contributed by atoms with Crippen molar-refractivity contribution in [2.75, 3.05) is 78.9 Å². The number of halogens is 12. The highest BCUT2D eigenvalue weighted by Gasteiger charge is 2.39. The summed E-state index contributed by atoms with van der Waals surface area (Å²) in [4.78, 5) is 114. The first-order valence-corrected chi connectivity index (χ1v) is 37.5. The van der Waals surface area contributed by atoms with Gasteiger partial charge in [-0.25, -0.2) is 0 Å². The Morgan fingerprint density at radius 1 is 0.292 bits per heavy atom. The van der Waals surface area contributed by atoms with Crippen molar-refractivity contribution in [3.05, 3.63) is 87.3 Å². The lowest BCUT2D eigenvalue weighted by Gasteiger charge is -2.35. The molecule has 4 rings (SSSR count). The minimum Gasteiger partial charge on any atom is -0.506 e. The molecule has 0 aromatic heterocycles. The van der Waals surface area contributed by atoms with Crippen LogP contribution in [0.5, 0.6) is 23.0 Å². The molecular formula is C49H48I12N8O20. The molecule has 4 aromatic carbocycles. The van der Waals surface area contributed by atoms with Crippen LogP contribution in [0.25, 0.3) is 0 Å². The van der Waals surface area contributed by atoms with Crippen LogP contribution in [0.4, 0.5) is 0 Å². The van der Waals surface area contributed by atoms with Gasteiger partial charge in [-0.3, -0.25) is 38.4 Å². The second-order valence-corrected chi connectivity index (χ2v) is 31.5. The van der Waals surface area contributed by atoms with Gasteiger partial charge in [0.05, 0.1) is 137 Å². The van der Waals surface area contributed by atoms with Crippen LogP contribution < -0.4 is 42.5 Å². The quantitative estimate of drug-likeness (QED) is 0.0362. The van der Waals surface area contributed by atoms with E-state index >= 15 is 0 Å². The predicted molar refractivity (Wildman–Crippen MR) is 419 cm³/mol. The minimum absolute atomic E-state index is 0.0120. The number of rotatable bonds is 28. The highest BCUT2D eigenvalue weighted by molar-refractivity contribution is 14.1. The maximum absolute atomic E-state index is 14.9. The van der Waals surface area contributed by atoms with Gasteiger partial charge in [0.2, 0.25) is 0 Å². The van der Waals surface area contributed by atoms with E-state index in [2.05, 4.69) is 42.5 Å². The van der Waals surface area contributed by atoms with Crippen LogP contribution in [0, 0.1) is 48.3 Å². The molecule has 2 unspecified atom stereocenters. The smallest absolute Gasteiger partial charge is 0.253 e. The fourth-order valence-corrected chi connectivity index (χ4v) is 24.1. The summed E-state index contributed by atoms with van der Waals surface area (Å²) in [6.07, 6.45) is -2.76. The number of phenolic OH excluding ortho intramolecular Hbond substituents is 4. The first-order valence-electron chi connectivity index (χ1n) is 24.6. The summed E-state index contributed by atoms with van der Waals surface area (Å²) in [7, 11) is 0. The Morgan fingerprint density at radius 2 is 0.472 bits per heavy atom. The summed E-state index contributed by atoms with van der Waals surface area (Å²) in [5.41, 5.74) is -4.07. The molecule has 0 aliphatic heterocycles. The lowest BCUT2D eigenvalue weighted by molar-refractivity contribution is 0.0797. The van der Waals surface area contributed by atoms with Crippen LogP contribution in [-0.2, 0) is 0 Å². The summed E-state index contributed by atoms with van der Waals surface area (Å²) in [6.45, 7) is -7.91. The molecule has 0 fully saturated rings. The fraction of sp³-hybridized carbons (Fsp3) is 0.347. The zero-order valence-corrected chi connectivity index (χ0v) is 70.4. The number of carbonyl (C=O) groups is 8. The number of benzene rings is 4. The summed E-state index contributed by atoms with van der Waals surface area (Å²) in [5.74, 6) is -9.70.